The van der Waals surface area contributed by atoms with Gasteiger partial charge in [-0.1, -0.05) is 6.92 Å². The molecule has 0 aliphatic heterocycles. The SMILES string of the molecule is CC(CN)CSc1ccc(S(C)(=O)=O)cc1. The van der Waals surface area contributed by atoms with E-state index in [9.17, 15) is 8.42 Å². The highest BCUT2D eigenvalue weighted by Gasteiger charge is 2.06. The van der Waals surface area contributed by atoms with Crippen LogP contribution >= 0.6 is 11.8 Å². The lowest BCUT2D eigenvalue weighted by Gasteiger charge is -2.07. The van der Waals surface area contributed by atoms with Crippen LogP contribution in [0.3, 0.4) is 0 Å². The van der Waals surface area contributed by atoms with Gasteiger partial charge in [-0.05, 0) is 36.7 Å². The van der Waals surface area contributed by atoms with Crippen molar-refractivity contribution >= 4 is 21.6 Å². The first kappa shape index (κ1) is 13.5. The van der Waals surface area contributed by atoms with Crippen molar-refractivity contribution in [3.63, 3.8) is 0 Å². The van der Waals surface area contributed by atoms with Crippen molar-refractivity contribution in [1.82, 2.24) is 0 Å². The van der Waals surface area contributed by atoms with Gasteiger partial charge in [0, 0.05) is 16.9 Å². The van der Waals surface area contributed by atoms with Crippen LogP contribution in [0.15, 0.2) is 34.1 Å². The van der Waals surface area contributed by atoms with Crippen LogP contribution in [0, 0.1) is 5.92 Å². The average molecular weight is 259 g/mol. The van der Waals surface area contributed by atoms with Crippen molar-refractivity contribution < 1.29 is 8.42 Å². The fourth-order valence-corrected chi connectivity index (χ4v) is 2.66. The molecule has 90 valence electrons. The Kier molecular flexibility index (Phi) is 4.83. The Morgan fingerprint density at radius 2 is 1.88 bits per heavy atom. The molecule has 0 saturated heterocycles. The van der Waals surface area contributed by atoms with Crippen LogP contribution in [0.1, 0.15) is 6.92 Å². The zero-order valence-corrected chi connectivity index (χ0v) is 11.1. The maximum Gasteiger partial charge on any atom is 0.175 e. The second kappa shape index (κ2) is 5.70. The van der Waals surface area contributed by atoms with Crippen LogP contribution in [-0.2, 0) is 9.84 Å². The number of hydrogen-bond acceptors (Lipinski definition) is 4. The first-order valence-electron chi connectivity index (χ1n) is 5.06. The molecule has 0 amide bonds. The number of sulfone groups is 1. The molecule has 16 heavy (non-hydrogen) atoms. The smallest absolute Gasteiger partial charge is 0.175 e. The minimum absolute atomic E-state index is 0.365. The van der Waals surface area contributed by atoms with Gasteiger partial charge in [-0.25, -0.2) is 8.42 Å². The fraction of sp³-hybridized carbons (Fsp3) is 0.455. The Bertz CT molecular complexity index is 426. The van der Waals surface area contributed by atoms with E-state index in [-0.39, 0.29) is 0 Å². The molecule has 0 heterocycles. The van der Waals surface area contributed by atoms with E-state index >= 15 is 0 Å². The quantitative estimate of drug-likeness (QED) is 0.819. The van der Waals surface area contributed by atoms with Crippen molar-refractivity contribution in [1.29, 1.82) is 0 Å². The van der Waals surface area contributed by atoms with Crippen LogP contribution in [-0.4, -0.2) is 27.0 Å². The first-order valence-corrected chi connectivity index (χ1v) is 7.94. The third-order valence-corrected chi connectivity index (χ3v) is 4.66. The van der Waals surface area contributed by atoms with Crippen LogP contribution in [0.4, 0.5) is 0 Å². The molecule has 1 rings (SSSR count). The summed E-state index contributed by atoms with van der Waals surface area (Å²) in [5, 5.41) is 0. The van der Waals surface area contributed by atoms with Gasteiger partial charge in [-0.2, -0.15) is 0 Å². The predicted octanol–water partition coefficient (Wildman–Crippen LogP) is 1.78. The van der Waals surface area contributed by atoms with Gasteiger partial charge in [0.25, 0.3) is 0 Å². The Labute approximate surface area is 101 Å². The summed E-state index contributed by atoms with van der Waals surface area (Å²) < 4.78 is 22.5. The van der Waals surface area contributed by atoms with Gasteiger partial charge in [-0.15, -0.1) is 11.8 Å². The predicted molar refractivity (Wildman–Crippen MR) is 68.5 cm³/mol. The van der Waals surface area contributed by atoms with E-state index in [0.29, 0.717) is 17.4 Å². The summed E-state index contributed by atoms with van der Waals surface area (Å²) in [5.41, 5.74) is 5.52. The standard InChI is InChI=1S/C11H17NO2S2/c1-9(7-12)8-15-10-3-5-11(6-4-10)16(2,13)14/h3-6,9H,7-8,12H2,1-2H3. The second-order valence-corrected chi connectivity index (χ2v) is 7.00. The van der Waals surface area contributed by atoms with E-state index in [2.05, 4.69) is 6.92 Å². The minimum Gasteiger partial charge on any atom is -0.330 e. The van der Waals surface area contributed by atoms with E-state index in [1.54, 1.807) is 23.9 Å². The third-order valence-electron chi connectivity index (χ3n) is 2.19. The Balaban J connectivity index is 2.66. The highest BCUT2D eigenvalue weighted by molar-refractivity contribution is 7.99. The summed E-state index contributed by atoms with van der Waals surface area (Å²) in [4.78, 5) is 1.44. The summed E-state index contributed by atoms with van der Waals surface area (Å²) in [6.45, 7) is 2.77. The molecule has 2 N–H and O–H groups in total. The molecule has 5 heteroatoms. The van der Waals surface area contributed by atoms with Crippen molar-refractivity contribution in [3.05, 3.63) is 24.3 Å². The molecule has 0 aliphatic rings. The highest BCUT2D eigenvalue weighted by atomic mass is 32.2. The fourth-order valence-electron chi connectivity index (χ4n) is 1.09. The first-order chi connectivity index (χ1) is 7.43. The molecule has 0 saturated carbocycles. The molecule has 3 nitrogen and oxygen atoms in total. The maximum absolute atomic E-state index is 11.2. The van der Waals surface area contributed by atoms with E-state index in [1.165, 1.54) is 6.26 Å². The lowest BCUT2D eigenvalue weighted by molar-refractivity contribution is 0.602. The molecule has 0 radical (unpaired) electrons. The topological polar surface area (TPSA) is 60.2 Å². The zero-order chi connectivity index (χ0) is 12.2. The number of hydrogen-bond donors (Lipinski definition) is 1. The molecule has 0 aromatic heterocycles. The number of rotatable bonds is 5. The van der Waals surface area contributed by atoms with Gasteiger partial charge in [-0.3, -0.25) is 0 Å². The third kappa shape index (κ3) is 4.15. The largest absolute Gasteiger partial charge is 0.330 e. The molecule has 1 atom stereocenters. The Morgan fingerprint density at radius 1 is 1.31 bits per heavy atom. The summed E-state index contributed by atoms with van der Waals surface area (Å²) in [6.07, 6.45) is 1.21. The van der Waals surface area contributed by atoms with Crippen molar-refractivity contribution in [2.75, 3.05) is 18.6 Å². The summed E-state index contributed by atoms with van der Waals surface area (Å²) in [5.74, 6) is 1.42. The van der Waals surface area contributed by atoms with Gasteiger partial charge in [0.05, 0.1) is 4.90 Å². The molecule has 1 aromatic rings. The number of thioether (sulfide) groups is 1. The minimum atomic E-state index is -3.08. The maximum atomic E-state index is 11.2. The summed E-state index contributed by atoms with van der Waals surface area (Å²) >= 11 is 1.70. The van der Waals surface area contributed by atoms with E-state index < -0.39 is 9.84 Å². The summed E-state index contributed by atoms with van der Waals surface area (Å²) in [6, 6.07) is 6.96. The second-order valence-electron chi connectivity index (χ2n) is 3.90. The average Bonchev–Trinajstić information content (AvgIpc) is 2.25. The molecule has 1 unspecified atom stereocenters. The van der Waals surface area contributed by atoms with E-state index in [1.807, 2.05) is 12.1 Å². The van der Waals surface area contributed by atoms with Gasteiger partial charge < -0.3 is 5.73 Å². The van der Waals surface area contributed by atoms with Crippen LogP contribution in [0.5, 0.6) is 0 Å². The molecular weight excluding hydrogens is 242 g/mol. The summed E-state index contributed by atoms with van der Waals surface area (Å²) in [7, 11) is -3.08. The molecule has 0 spiro atoms. The van der Waals surface area contributed by atoms with Crippen LogP contribution in [0.25, 0.3) is 0 Å². The van der Waals surface area contributed by atoms with Gasteiger partial charge in [0.15, 0.2) is 9.84 Å². The van der Waals surface area contributed by atoms with Crippen LogP contribution < -0.4 is 5.73 Å². The van der Waals surface area contributed by atoms with Gasteiger partial charge in [0.2, 0.25) is 0 Å². The van der Waals surface area contributed by atoms with Crippen molar-refractivity contribution in [2.24, 2.45) is 11.7 Å². The lowest BCUT2D eigenvalue weighted by atomic mass is 10.2. The number of nitrogens with two attached hydrogens (primary N) is 1. The normalized spacial score (nSPS) is 13.7. The molecule has 0 aliphatic carbocycles. The molecule has 0 fully saturated rings. The van der Waals surface area contributed by atoms with Gasteiger partial charge >= 0.3 is 0 Å². The van der Waals surface area contributed by atoms with Crippen LogP contribution in [0.2, 0.25) is 0 Å². The Hall–Kier alpha value is -0.520. The van der Waals surface area contributed by atoms with E-state index in [4.69, 9.17) is 5.73 Å². The van der Waals surface area contributed by atoms with E-state index in [0.717, 1.165) is 10.6 Å². The zero-order valence-electron chi connectivity index (χ0n) is 9.51. The molecular formula is C11H17NO2S2. The lowest BCUT2D eigenvalue weighted by Crippen LogP contribution is -2.12. The Morgan fingerprint density at radius 3 is 2.31 bits per heavy atom. The van der Waals surface area contributed by atoms with Crippen molar-refractivity contribution in [2.45, 2.75) is 16.7 Å². The molecule has 0 bridgehead atoms. The highest BCUT2D eigenvalue weighted by Crippen LogP contribution is 2.22. The molecule has 1 aromatic carbocycles. The monoisotopic (exact) mass is 259 g/mol. The number of benzene rings is 1. The van der Waals surface area contributed by atoms with Crippen molar-refractivity contribution in [3.8, 4) is 0 Å². The van der Waals surface area contributed by atoms with Gasteiger partial charge in [0.1, 0.15) is 0 Å².